The number of aromatic nitrogens is 2. The van der Waals surface area contributed by atoms with Gasteiger partial charge in [-0.3, -0.25) is 4.79 Å². The van der Waals surface area contributed by atoms with Crippen LogP contribution in [0.4, 0.5) is 0 Å². The van der Waals surface area contributed by atoms with Crippen molar-refractivity contribution in [2.75, 3.05) is 20.2 Å². The van der Waals surface area contributed by atoms with E-state index in [1.54, 1.807) is 7.11 Å². The highest BCUT2D eigenvalue weighted by molar-refractivity contribution is 5.79. The highest BCUT2D eigenvalue weighted by Crippen LogP contribution is 2.26. The Kier molecular flexibility index (Phi) is 4.65. The Balaban J connectivity index is 1.67. The highest BCUT2D eigenvalue weighted by atomic mass is 16.5. The van der Waals surface area contributed by atoms with E-state index < -0.39 is 0 Å². The number of hydrogen-bond donors (Lipinski definition) is 1. The summed E-state index contributed by atoms with van der Waals surface area (Å²) < 4.78 is 5.34. The molecule has 5 nitrogen and oxygen atoms in total. The summed E-state index contributed by atoms with van der Waals surface area (Å²) in [5, 5.41) is 0. The van der Waals surface area contributed by atoms with Crippen molar-refractivity contribution >= 4 is 5.91 Å². The fourth-order valence-corrected chi connectivity index (χ4v) is 3.19. The summed E-state index contributed by atoms with van der Waals surface area (Å²) in [5.74, 6) is 2.23. The lowest BCUT2D eigenvalue weighted by molar-refractivity contribution is -0.131. The molecule has 122 valence electrons. The Morgan fingerprint density at radius 2 is 2.26 bits per heavy atom. The molecule has 1 aromatic heterocycles. The monoisotopic (exact) mass is 313 g/mol. The van der Waals surface area contributed by atoms with E-state index >= 15 is 0 Å². The van der Waals surface area contributed by atoms with E-state index in [1.165, 1.54) is 0 Å². The largest absolute Gasteiger partial charge is 0.496 e. The molecule has 2 heterocycles. The number of rotatable bonds is 4. The average Bonchev–Trinajstić information content (AvgIpc) is 3.02. The summed E-state index contributed by atoms with van der Waals surface area (Å²) in [6, 6.07) is 7.71. The average molecular weight is 313 g/mol. The van der Waals surface area contributed by atoms with E-state index in [0.717, 1.165) is 48.8 Å². The molecular weight excluding hydrogens is 290 g/mol. The number of aryl methyl sites for hydroxylation is 1. The number of hydrogen-bond acceptors (Lipinski definition) is 3. The van der Waals surface area contributed by atoms with E-state index in [-0.39, 0.29) is 5.91 Å². The van der Waals surface area contributed by atoms with Crippen molar-refractivity contribution in [3.8, 4) is 5.75 Å². The first-order valence-corrected chi connectivity index (χ1v) is 8.08. The van der Waals surface area contributed by atoms with Gasteiger partial charge in [-0.15, -0.1) is 0 Å². The van der Waals surface area contributed by atoms with Crippen LogP contribution in [0.1, 0.15) is 35.8 Å². The van der Waals surface area contributed by atoms with Crippen LogP contribution in [0.25, 0.3) is 0 Å². The van der Waals surface area contributed by atoms with Crippen LogP contribution in [0.5, 0.6) is 5.75 Å². The van der Waals surface area contributed by atoms with Gasteiger partial charge in [0.15, 0.2) is 0 Å². The number of carbonyl (C=O) groups is 1. The molecule has 0 spiro atoms. The van der Waals surface area contributed by atoms with Crippen molar-refractivity contribution in [1.29, 1.82) is 0 Å². The topological polar surface area (TPSA) is 58.2 Å². The lowest BCUT2D eigenvalue weighted by atomic mass is 9.96. The zero-order chi connectivity index (χ0) is 16.2. The van der Waals surface area contributed by atoms with Gasteiger partial charge in [-0.25, -0.2) is 4.98 Å². The van der Waals surface area contributed by atoms with Crippen LogP contribution in [-0.2, 0) is 11.2 Å². The zero-order valence-corrected chi connectivity index (χ0v) is 13.7. The molecule has 1 saturated heterocycles. The van der Waals surface area contributed by atoms with Gasteiger partial charge >= 0.3 is 0 Å². The normalized spacial score (nSPS) is 18.0. The minimum Gasteiger partial charge on any atom is -0.496 e. The number of amides is 1. The van der Waals surface area contributed by atoms with Crippen molar-refractivity contribution in [3.63, 3.8) is 0 Å². The van der Waals surface area contributed by atoms with Gasteiger partial charge in [0.2, 0.25) is 5.91 Å². The highest BCUT2D eigenvalue weighted by Gasteiger charge is 2.26. The molecule has 1 atom stereocenters. The molecule has 23 heavy (non-hydrogen) atoms. The molecule has 5 heteroatoms. The molecule has 1 N–H and O–H groups in total. The van der Waals surface area contributed by atoms with Gasteiger partial charge in [-0.05, 0) is 25.8 Å². The maximum Gasteiger partial charge on any atom is 0.227 e. The molecule has 0 unspecified atom stereocenters. The number of ether oxygens (including phenoxy) is 1. The van der Waals surface area contributed by atoms with Crippen molar-refractivity contribution in [1.82, 2.24) is 14.9 Å². The second-order valence-corrected chi connectivity index (χ2v) is 6.12. The number of aromatic amines is 1. The van der Waals surface area contributed by atoms with Gasteiger partial charge in [0.1, 0.15) is 11.6 Å². The Bertz CT molecular complexity index is 680. The van der Waals surface area contributed by atoms with Crippen LogP contribution < -0.4 is 4.74 Å². The van der Waals surface area contributed by atoms with Crippen LogP contribution in [-0.4, -0.2) is 41.0 Å². The fraction of sp³-hybridized carbons (Fsp3) is 0.444. The molecule has 0 saturated carbocycles. The number of nitrogens with one attached hydrogen (secondary N) is 1. The quantitative estimate of drug-likeness (QED) is 0.944. The van der Waals surface area contributed by atoms with Crippen molar-refractivity contribution in [3.05, 3.63) is 47.5 Å². The van der Waals surface area contributed by atoms with Gasteiger partial charge in [-0.1, -0.05) is 18.2 Å². The SMILES string of the molecule is COc1ccccc1CC(=O)N1CCC[C@@H](c2ncc(C)[nH]2)C1. The van der Waals surface area contributed by atoms with Gasteiger partial charge in [0, 0.05) is 36.5 Å². The Morgan fingerprint density at radius 3 is 3.00 bits per heavy atom. The lowest BCUT2D eigenvalue weighted by Crippen LogP contribution is -2.40. The van der Waals surface area contributed by atoms with Gasteiger partial charge in [-0.2, -0.15) is 0 Å². The van der Waals surface area contributed by atoms with E-state index in [1.807, 2.05) is 42.3 Å². The number of H-pyrrole nitrogens is 1. The van der Waals surface area contributed by atoms with Crippen molar-refractivity contribution < 1.29 is 9.53 Å². The number of para-hydroxylation sites is 1. The standard InChI is InChI=1S/C18H23N3O2/c1-13-11-19-18(20-13)15-7-5-9-21(12-15)17(22)10-14-6-3-4-8-16(14)23-2/h3-4,6,8,11,15H,5,7,9-10,12H2,1-2H3,(H,19,20)/t15-/m1/s1. The minimum absolute atomic E-state index is 0.155. The molecule has 3 rings (SSSR count). The summed E-state index contributed by atoms with van der Waals surface area (Å²) in [6.07, 6.45) is 4.33. The third-order valence-corrected chi connectivity index (χ3v) is 4.42. The fourth-order valence-electron chi connectivity index (χ4n) is 3.19. The lowest BCUT2D eigenvalue weighted by Gasteiger charge is -2.32. The van der Waals surface area contributed by atoms with Gasteiger partial charge < -0.3 is 14.6 Å². The summed E-state index contributed by atoms with van der Waals surface area (Å²) in [6.45, 7) is 3.56. The van der Waals surface area contributed by atoms with E-state index in [0.29, 0.717) is 12.3 Å². The summed E-state index contributed by atoms with van der Waals surface area (Å²) in [5.41, 5.74) is 2.01. The second-order valence-electron chi connectivity index (χ2n) is 6.12. The van der Waals surface area contributed by atoms with Crippen LogP contribution in [0.2, 0.25) is 0 Å². The maximum atomic E-state index is 12.7. The molecule has 1 amide bonds. The zero-order valence-electron chi connectivity index (χ0n) is 13.7. The Labute approximate surface area is 136 Å². The molecular formula is C18H23N3O2. The maximum absolute atomic E-state index is 12.7. The number of methoxy groups -OCH3 is 1. The molecule has 1 aliphatic rings. The first-order chi connectivity index (χ1) is 11.2. The number of benzene rings is 1. The minimum atomic E-state index is 0.155. The molecule has 1 fully saturated rings. The number of imidazole rings is 1. The van der Waals surface area contributed by atoms with Gasteiger partial charge in [0.05, 0.1) is 13.5 Å². The first-order valence-electron chi connectivity index (χ1n) is 8.08. The van der Waals surface area contributed by atoms with Crippen LogP contribution >= 0.6 is 0 Å². The van der Waals surface area contributed by atoms with Crippen molar-refractivity contribution in [2.24, 2.45) is 0 Å². The molecule has 0 bridgehead atoms. The number of carbonyl (C=O) groups excluding carboxylic acids is 1. The van der Waals surface area contributed by atoms with E-state index in [4.69, 9.17) is 4.74 Å². The molecule has 0 aliphatic carbocycles. The molecule has 1 aromatic carbocycles. The molecule has 2 aromatic rings. The summed E-state index contributed by atoms with van der Waals surface area (Å²) >= 11 is 0. The second kappa shape index (κ2) is 6.86. The van der Waals surface area contributed by atoms with Gasteiger partial charge in [0.25, 0.3) is 0 Å². The third-order valence-electron chi connectivity index (χ3n) is 4.42. The molecule has 1 aliphatic heterocycles. The summed E-state index contributed by atoms with van der Waals surface area (Å²) in [4.78, 5) is 22.3. The van der Waals surface area contributed by atoms with Crippen LogP contribution in [0, 0.1) is 6.92 Å². The first kappa shape index (κ1) is 15.6. The van der Waals surface area contributed by atoms with Crippen LogP contribution in [0.15, 0.2) is 30.5 Å². The Hall–Kier alpha value is -2.30. The van der Waals surface area contributed by atoms with Crippen LogP contribution in [0.3, 0.4) is 0 Å². The molecule has 0 radical (unpaired) electrons. The Morgan fingerprint density at radius 1 is 1.43 bits per heavy atom. The number of nitrogens with zero attached hydrogens (tertiary/aromatic N) is 2. The number of likely N-dealkylation sites (tertiary alicyclic amines) is 1. The third kappa shape index (κ3) is 3.55. The summed E-state index contributed by atoms with van der Waals surface area (Å²) in [7, 11) is 1.64. The predicted octanol–water partition coefficient (Wildman–Crippen LogP) is 2.68. The van der Waals surface area contributed by atoms with E-state index in [9.17, 15) is 4.79 Å². The smallest absolute Gasteiger partial charge is 0.227 e. The van der Waals surface area contributed by atoms with Crippen molar-refractivity contribution in [2.45, 2.75) is 32.1 Å². The predicted molar refractivity (Wildman–Crippen MR) is 88.6 cm³/mol. The van der Waals surface area contributed by atoms with E-state index in [2.05, 4.69) is 9.97 Å². The number of piperidine rings is 1.